The third-order valence-electron chi connectivity index (χ3n) is 3.00. The lowest BCUT2D eigenvalue weighted by Gasteiger charge is -2.06. The Labute approximate surface area is 102 Å². The van der Waals surface area contributed by atoms with Gasteiger partial charge >= 0.3 is 0 Å². The zero-order valence-electron chi connectivity index (χ0n) is 10.2. The number of aryl methyl sites for hydroxylation is 2. The van der Waals surface area contributed by atoms with Gasteiger partial charge in [-0.1, -0.05) is 48.0 Å². The maximum absolute atomic E-state index is 8.71. The van der Waals surface area contributed by atoms with E-state index in [-0.39, 0.29) is 0 Å². The van der Waals surface area contributed by atoms with Gasteiger partial charge in [-0.15, -0.1) is 0 Å². The van der Waals surface area contributed by atoms with E-state index in [1.54, 1.807) is 0 Å². The Morgan fingerprint density at radius 3 is 2.18 bits per heavy atom. The Kier molecular flexibility index (Phi) is 3.25. The first-order valence-electron chi connectivity index (χ1n) is 5.74. The van der Waals surface area contributed by atoms with Crippen molar-refractivity contribution < 1.29 is 0 Å². The van der Waals surface area contributed by atoms with E-state index in [4.69, 9.17) is 5.26 Å². The Balaban J connectivity index is 2.38. The number of benzene rings is 2. The smallest absolute Gasteiger partial charge is 0.0669 e. The molecule has 0 aliphatic rings. The fourth-order valence-electron chi connectivity index (χ4n) is 1.90. The van der Waals surface area contributed by atoms with Crippen molar-refractivity contribution >= 4 is 0 Å². The van der Waals surface area contributed by atoms with Gasteiger partial charge in [0.05, 0.1) is 12.5 Å². The Morgan fingerprint density at radius 1 is 0.941 bits per heavy atom. The van der Waals surface area contributed by atoms with Crippen LogP contribution in [0.2, 0.25) is 0 Å². The quantitative estimate of drug-likeness (QED) is 0.751. The Bertz CT molecular complexity index is 559. The first-order valence-corrected chi connectivity index (χ1v) is 5.74. The highest BCUT2D eigenvalue weighted by atomic mass is 14.2. The second-order valence-corrected chi connectivity index (χ2v) is 4.34. The Morgan fingerprint density at radius 2 is 1.59 bits per heavy atom. The van der Waals surface area contributed by atoms with Crippen LogP contribution in [-0.4, -0.2) is 0 Å². The van der Waals surface area contributed by atoms with Gasteiger partial charge in [0.15, 0.2) is 0 Å². The second-order valence-electron chi connectivity index (χ2n) is 4.34. The van der Waals surface area contributed by atoms with E-state index in [1.165, 1.54) is 22.3 Å². The van der Waals surface area contributed by atoms with Gasteiger partial charge in [0.25, 0.3) is 0 Å². The highest BCUT2D eigenvalue weighted by Gasteiger charge is 2.01. The van der Waals surface area contributed by atoms with E-state index >= 15 is 0 Å². The van der Waals surface area contributed by atoms with Crippen molar-refractivity contribution in [2.45, 2.75) is 20.3 Å². The van der Waals surface area contributed by atoms with E-state index in [0.29, 0.717) is 6.42 Å². The molecule has 1 heteroatoms. The number of hydrogen-bond donors (Lipinski definition) is 0. The molecule has 17 heavy (non-hydrogen) atoms. The summed E-state index contributed by atoms with van der Waals surface area (Å²) < 4.78 is 0. The first kappa shape index (κ1) is 11.4. The van der Waals surface area contributed by atoms with Crippen molar-refractivity contribution in [3.63, 3.8) is 0 Å². The summed E-state index contributed by atoms with van der Waals surface area (Å²) in [6, 6.07) is 17.0. The van der Waals surface area contributed by atoms with E-state index < -0.39 is 0 Å². The summed E-state index contributed by atoms with van der Waals surface area (Å²) in [6.45, 7) is 4.15. The topological polar surface area (TPSA) is 23.8 Å². The van der Waals surface area contributed by atoms with Crippen LogP contribution in [0.5, 0.6) is 0 Å². The Hall–Kier alpha value is -2.07. The zero-order valence-corrected chi connectivity index (χ0v) is 10.2. The molecule has 0 radical (unpaired) electrons. The van der Waals surface area contributed by atoms with Crippen molar-refractivity contribution in [3.05, 3.63) is 59.2 Å². The number of rotatable bonds is 2. The van der Waals surface area contributed by atoms with E-state index in [1.807, 2.05) is 6.07 Å². The summed E-state index contributed by atoms with van der Waals surface area (Å²) in [5.41, 5.74) is 6.01. The minimum absolute atomic E-state index is 0.486. The molecule has 0 bridgehead atoms. The number of nitriles is 1. The summed E-state index contributed by atoms with van der Waals surface area (Å²) in [5, 5.41) is 8.71. The summed E-state index contributed by atoms with van der Waals surface area (Å²) in [6.07, 6.45) is 0.486. The number of nitrogens with zero attached hydrogens (tertiary/aromatic N) is 1. The molecule has 0 fully saturated rings. The largest absolute Gasteiger partial charge is 0.198 e. The summed E-state index contributed by atoms with van der Waals surface area (Å²) in [5.74, 6) is 0. The minimum Gasteiger partial charge on any atom is -0.198 e. The molecule has 0 N–H and O–H groups in total. The van der Waals surface area contributed by atoms with E-state index in [9.17, 15) is 0 Å². The van der Waals surface area contributed by atoms with Crippen LogP contribution < -0.4 is 0 Å². The van der Waals surface area contributed by atoms with Gasteiger partial charge in [0.2, 0.25) is 0 Å². The fraction of sp³-hybridized carbons (Fsp3) is 0.188. The molecule has 0 heterocycles. The lowest BCUT2D eigenvalue weighted by Crippen LogP contribution is -1.88. The first-order chi connectivity index (χ1) is 8.20. The van der Waals surface area contributed by atoms with E-state index in [2.05, 4.69) is 56.3 Å². The summed E-state index contributed by atoms with van der Waals surface area (Å²) >= 11 is 0. The van der Waals surface area contributed by atoms with Gasteiger partial charge in [-0.25, -0.2) is 0 Å². The average Bonchev–Trinajstić information content (AvgIpc) is 2.33. The van der Waals surface area contributed by atoms with Crippen LogP contribution >= 0.6 is 0 Å². The minimum atomic E-state index is 0.486. The third kappa shape index (κ3) is 2.54. The van der Waals surface area contributed by atoms with Gasteiger partial charge in [-0.05, 0) is 36.1 Å². The molecular formula is C16H15N. The van der Waals surface area contributed by atoms with Crippen LogP contribution in [-0.2, 0) is 6.42 Å². The van der Waals surface area contributed by atoms with Crippen molar-refractivity contribution in [2.75, 3.05) is 0 Å². The van der Waals surface area contributed by atoms with Gasteiger partial charge < -0.3 is 0 Å². The highest BCUT2D eigenvalue weighted by Crippen LogP contribution is 2.22. The van der Waals surface area contributed by atoms with Crippen LogP contribution in [0.15, 0.2) is 42.5 Å². The molecule has 0 aliphatic heterocycles. The highest BCUT2D eigenvalue weighted by molar-refractivity contribution is 5.65. The van der Waals surface area contributed by atoms with Crippen LogP contribution in [0.3, 0.4) is 0 Å². The maximum atomic E-state index is 8.71. The number of hydrogen-bond acceptors (Lipinski definition) is 1. The second kappa shape index (κ2) is 4.84. The lowest BCUT2D eigenvalue weighted by molar-refractivity contribution is 1.21. The SMILES string of the molecule is Cc1ccc(-c2ccc(CC#N)c(C)c2)cc1. The average molecular weight is 221 g/mol. The monoisotopic (exact) mass is 221 g/mol. The molecule has 84 valence electrons. The predicted molar refractivity (Wildman–Crippen MR) is 70.7 cm³/mol. The molecule has 0 atom stereocenters. The van der Waals surface area contributed by atoms with Gasteiger partial charge in [0.1, 0.15) is 0 Å². The standard InChI is InChI=1S/C16H15N/c1-12-3-5-15(6-4-12)16-8-7-14(9-10-17)13(2)11-16/h3-8,11H,9H2,1-2H3. The van der Waals surface area contributed by atoms with Crippen molar-refractivity contribution in [1.29, 1.82) is 5.26 Å². The molecule has 0 aliphatic carbocycles. The fourth-order valence-corrected chi connectivity index (χ4v) is 1.90. The van der Waals surface area contributed by atoms with E-state index in [0.717, 1.165) is 5.56 Å². The summed E-state index contributed by atoms with van der Waals surface area (Å²) in [4.78, 5) is 0. The molecule has 0 saturated heterocycles. The normalized spacial score (nSPS) is 9.94. The molecule has 2 rings (SSSR count). The molecular weight excluding hydrogens is 206 g/mol. The van der Waals surface area contributed by atoms with Crippen LogP contribution in [0.25, 0.3) is 11.1 Å². The predicted octanol–water partition coefficient (Wildman–Crippen LogP) is 4.04. The lowest BCUT2D eigenvalue weighted by atomic mass is 9.98. The maximum Gasteiger partial charge on any atom is 0.0669 e. The van der Waals surface area contributed by atoms with Crippen LogP contribution in [0.4, 0.5) is 0 Å². The molecule has 1 nitrogen and oxygen atoms in total. The third-order valence-corrected chi connectivity index (χ3v) is 3.00. The zero-order chi connectivity index (χ0) is 12.3. The van der Waals surface area contributed by atoms with Gasteiger partial charge in [-0.2, -0.15) is 5.26 Å². The molecule has 0 spiro atoms. The van der Waals surface area contributed by atoms with Gasteiger partial charge in [-0.3, -0.25) is 0 Å². The van der Waals surface area contributed by atoms with Crippen molar-refractivity contribution in [3.8, 4) is 17.2 Å². The molecule has 2 aromatic rings. The van der Waals surface area contributed by atoms with Crippen molar-refractivity contribution in [2.24, 2.45) is 0 Å². The van der Waals surface area contributed by atoms with Crippen LogP contribution in [0, 0.1) is 25.2 Å². The molecule has 0 aromatic heterocycles. The van der Waals surface area contributed by atoms with Crippen molar-refractivity contribution in [1.82, 2.24) is 0 Å². The molecule has 2 aromatic carbocycles. The molecule has 0 amide bonds. The van der Waals surface area contributed by atoms with Crippen LogP contribution in [0.1, 0.15) is 16.7 Å². The summed E-state index contributed by atoms with van der Waals surface area (Å²) in [7, 11) is 0. The van der Waals surface area contributed by atoms with Gasteiger partial charge in [0, 0.05) is 0 Å². The molecule has 0 unspecified atom stereocenters. The molecule has 0 saturated carbocycles.